The highest BCUT2D eigenvalue weighted by molar-refractivity contribution is 7.20. The molecule has 5 rings (SSSR count). The number of nitro groups is 1. The number of hydrogen-bond donors (Lipinski definition) is 1. The predicted octanol–water partition coefficient (Wildman–Crippen LogP) is 7.03. The summed E-state index contributed by atoms with van der Waals surface area (Å²) in [6.45, 7) is -0.0226. The number of amides is 1. The fourth-order valence-electron chi connectivity index (χ4n) is 3.53. The molecule has 0 saturated carbocycles. The molecule has 10 nitrogen and oxygen atoms in total. The number of nitrogen functional groups attached to an aromatic ring is 1. The summed E-state index contributed by atoms with van der Waals surface area (Å²) in [7, 11) is 1.74. The highest BCUT2D eigenvalue weighted by Gasteiger charge is 2.33. The molecule has 0 atom stereocenters. The standard InChI is InChI=1S/C16H14N2O2S.C10H5Cl2F3N4O2/c1-18(12-7-3-2-4-8-12)15(19)11-20-16-17-13-9-5-6-10-14(13)21-16;11-5-1-4(10(13,14)15)2-6(12)8(5)18-9(16)7(3-17-18)19(20)21/h2-10H,11H2,1H3;1-3H,16H2. The van der Waals surface area contributed by atoms with Gasteiger partial charge in [-0.15, -0.1) is 0 Å². The van der Waals surface area contributed by atoms with E-state index in [1.165, 1.54) is 11.3 Å². The van der Waals surface area contributed by atoms with E-state index >= 15 is 0 Å². The third kappa shape index (κ3) is 6.90. The van der Waals surface area contributed by atoms with Crippen LogP contribution in [0.4, 0.5) is 30.4 Å². The largest absolute Gasteiger partial charge is 0.460 e. The zero-order valence-electron chi connectivity index (χ0n) is 21.4. The van der Waals surface area contributed by atoms with Crippen LogP contribution in [0.15, 0.2) is 72.9 Å². The number of benzene rings is 3. The second-order valence-electron chi connectivity index (χ2n) is 8.39. The maximum atomic E-state index is 12.6. The van der Waals surface area contributed by atoms with E-state index in [2.05, 4.69) is 10.1 Å². The van der Waals surface area contributed by atoms with Crippen LogP contribution in [0.25, 0.3) is 15.9 Å². The van der Waals surface area contributed by atoms with Gasteiger partial charge in [0.2, 0.25) is 5.82 Å². The predicted molar refractivity (Wildman–Crippen MR) is 155 cm³/mol. The summed E-state index contributed by atoms with van der Waals surface area (Å²) in [6.07, 6.45) is -3.78. The van der Waals surface area contributed by atoms with Crippen molar-refractivity contribution in [1.29, 1.82) is 0 Å². The Morgan fingerprint density at radius 1 is 1.12 bits per heavy atom. The van der Waals surface area contributed by atoms with Gasteiger partial charge in [-0.2, -0.15) is 18.3 Å². The minimum Gasteiger partial charge on any atom is -0.460 e. The Bertz CT molecular complexity index is 1690. The molecule has 0 unspecified atom stereocenters. The first kappa shape index (κ1) is 30.6. The Morgan fingerprint density at radius 2 is 1.74 bits per heavy atom. The summed E-state index contributed by atoms with van der Waals surface area (Å²) in [5, 5.41) is 14.0. The maximum absolute atomic E-state index is 12.6. The summed E-state index contributed by atoms with van der Waals surface area (Å²) in [5.74, 6) is -0.510. The number of carbonyl (C=O) groups excluding carboxylic acids is 1. The van der Waals surface area contributed by atoms with Crippen LogP contribution >= 0.6 is 34.5 Å². The molecule has 0 radical (unpaired) electrons. The summed E-state index contributed by atoms with van der Waals surface area (Å²) in [6, 6.07) is 18.5. The summed E-state index contributed by atoms with van der Waals surface area (Å²) in [4.78, 5) is 27.9. The number of halogens is 5. The SMILES string of the molecule is CN(C(=O)COc1nc2ccccc2s1)c1ccccc1.Nc1c([N+](=O)[O-])cnn1-c1c(Cl)cc(C(F)(F)F)cc1Cl. The van der Waals surface area contributed by atoms with E-state index in [9.17, 15) is 28.1 Å². The van der Waals surface area contributed by atoms with E-state index < -0.39 is 28.2 Å². The molecule has 16 heteroatoms. The molecule has 3 aromatic carbocycles. The molecule has 0 aliphatic rings. The molecule has 2 heterocycles. The Kier molecular flexibility index (Phi) is 9.19. The van der Waals surface area contributed by atoms with Crippen molar-refractivity contribution in [3.63, 3.8) is 0 Å². The van der Waals surface area contributed by atoms with Gasteiger partial charge in [0, 0.05) is 12.7 Å². The van der Waals surface area contributed by atoms with Gasteiger partial charge >= 0.3 is 11.9 Å². The van der Waals surface area contributed by atoms with E-state index in [0.29, 0.717) is 17.3 Å². The Hall–Kier alpha value is -4.40. The Labute approximate surface area is 249 Å². The van der Waals surface area contributed by atoms with Crippen LogP contribution < -0.4 is 15.4 Å². The smallest absolute Gasteiger partial charge is 0.416 e. The van der Waals surface area contributed by atoms with E-state index in [0.717, 1.165) is 26.8 Å². The minimum atomic E-state index is -4.63. The average molecular weight is 639 g/mol. The number of fused-ring (bicyclic) bond motifs is 1. The fourth-order valence-corrected chi connectivity index (χ4v) is 4.99. The highest BCUT2D eigenvalue weighted by atomic mass is 35.5. The minimum absolute atomic E-state index is 0.0226. The molecular formula is C26H19Cl2F3N6O4S. The maximum Gasteiger partial charge on any atom is 0.416 e. The summed E-state index contributed by atoms with van der Waals surface area (Å²) >= 11 is 13.0. The van der Waals surface area contributed by atoms with Gasteiger partial charge in [-0.3, -0.25) is 14.9 Å². The van der Waals surface area contributed by atoms with E-state index in [4.69, 9.17) is 33.7 Å². The van der Waals surface area contributed by atoms with E-state index in [-0.39, 0.29) is 28.2 Å². The number of thiazole rings is 1. The van der Waals surface area contributed by atoms with Crippen molar-refractivity contribution in [3.05, 3.63) is 98.6 Å². The van der Waals surface area contributed by atoms with Crippen molar-refractivity contribution < 1.29 is 27.6 Å². The lowest BCUT2D eigenvalue weighted by Crippen LogP contribution is -2.31. The van der Waals surface area contributed by atoms with Crippen LogP contribution in [-0.2, 0) is 11.0 Å². The van der Waals surface area contributed by atoms with Gasteiger partial charge in [0.05, 0.1) is 30.7 Å². The second-order valence-corrected chi connectivity index (χ2v) is 10.2. The first-order valence-corrected chi connectivity index (χ1v) is 13.3. The number of rotatable bonds is 6. The van der Waals surface area contributed by atoms with Gasteiger partial charge in [0.1, 0.15) is 11.9 Å². The first-order valence-electron chi connectivity index (χ1n) is 11.7. The van der Waals surface area contributed by atoms with Crippen molar-refractivity contribution in [2.75, 3.05) is 24.3 Å². The molecule has 0 saturated heterocycles. The Balaban J connectivity index is 0.000000193. The van der Waals surface area contributed by atoms with Crippen molar-refractivity contribution in [2.45, 2.75) is 6.18 Å². The molecule has 0 spiro atoms. The summed E-state index contributed by atoms with van der Waals surface area (Å²) in [5.41, 5.74) is 5.51. The zero-order valence-corrected chi connectivity index (χ0v) is 23.7. The van der Waals surface area contributed by atoms with Gasteiger partial charge < -0.3 is 15.4 Å². The van der Waals surface area contributed by atoms with Crippen molar-refractivity contribution in [3.8, 4) is 10.9 Å². The van der Waals surface area contributed by atoms with Crippen LogP contribution in [0.3, 0.4) is 0 Å². The van der Waals surface area contributed by atoms with Crippen molar-refractivity contribution >= 4 is 67.9 Å². The monoisotopic (exact) mass is 638 g/mol. The molecule has 0 fully saturated rings. The molecule has 0 bridgehead atoms. The number of likely N-dealkylation sites (N-methyl/N-ethyl adjacent to an activating group) is 1. The topological polar surface area (TPSA) is 129 Å². The number of nitrogens with two attached hydrogens (primary N) is 1. The van der Waals surface area contributed by atoms with Crippen molar-refractivity contribution in [2.24, 2.45) is 0 Å². The molecule has 0 aliphatic carbocycles. The Morgan fingerprint density at radius 3 is 2.31 bits per heavy atom. The lowest BCUT2D eigenvalue weighted by atomic mass is 10.2. The lowest BCUT2D eigenvalue weighted by Gasteiger charge is -2.16. The molecule has 2 N–H and O–H groups in total. The normalized spacial score (nSPS) is 11.1. The number of carbonyl (C=O) groups is 1. The van der Waals surface area contributed by atoms with Crippen LogP contribution in [0.5, 0.6) is 5.19 Å². The fraction of sp³-hybridized carbons (Fsp3) is 0.115. The van der Waals surface area contributed by atoms with Gasteiger partial charge in [-0.05, 0) is 36.4 Å². The van der Waals surface area contributed by atoms with Gasteiger partial charge in [-0.25, -0.2) is 9.67 Å². The van der Waals surface area contributed by atoms with Gasteiger partial charge in [0.15, 0.2) is 6.61 Å². The van der Waals surface area contributed by atoms with Crippen molar-refractivity contribution in [1.82, 2.24) is 14.8 Å². The number of hydrogen-bond acceptors (Lipinski definition) is 8. The number of ether oxygens (including phenoxy) is 1. The number of nitrogens with zero attached hydrogens (tertiary/aromatic N) is 5. The molecule has 0 aliphatic heterocycles. The molecule has 218 valence electrons. The molecule has 1 amide bonds. The van der Waals surface area contributed by atoms with E-state index in [1.54, 1.807) is 11.9 Å². The quantitative estimate of drug-likeness (QED) is 0.156. The molecule has 5 aromatic rings. The van der Waals surface area contributed by atoms with Crippen LogP contribution in [0.2, 0.25) is 10.0 Å². The molecule has 42 heavy (non-hydrogen) atoms. The van der Waals surface area contributed by atoms with Gasteiger partial charge in [0.25, 0.3) is 11.1 Å². The second kappa shape index (κ2) is 12.6. The number of anilines is 2. The lowest BCUT2D eigenvalue weighted by molar-refractivity contribution is -0.383. The van der Waals surface area contributed by atoms with Gasteiger partial charge in [-0.1, -0.05) is 64.9 Å². The average Bonchev–Trinajstić information content (AvgIpc) is 3.54. The zero-order chi connectivity index (χ0) is 30.6. The highest BCUT2D eigenvalue weighted by Crippen LogP contribution is 2.39. The number of aromatic nitrogens is 3. The molecule has 2 aromatic heterocycles. The third-order valence-corrected chi connectivity index (χ3v) is 7.17. The van der Waals surface area contributed by atoms with Crippen LogP contribution in [-0.4, -0.2) is 39.2 Å². The third-order valence-electron chi connectivity index (χ3n) is 5.65. The first-order chi connectivity index (χ1) is 19.9. The molecular weight excluding hydrogens is 620 g/mol. The van der Waals surface area contributed by atoms with E-state index in [1.807, 2.05) is 54.6 Å². The number of alkyl halides is 3. The number of para-hydroxylation sites is 2. The van der Waals surface area contributed by atoms with Crippen LogP contribution in [0.1, 0.15) is 5.56 Å². The van der Waals surface area contributed by atoms with Crippen LogP contribution in [0, 0.1) is 10.1 Å². The summed E-state index contributed by atoms with van der Waals surface area (Å²) < 4.78 is 45.2.